The molecule has 1 aliphatic carbocycles. The van der Waals surface area contributed by atoms with Crippen LogP contribution in [0, 0.1) is 0 Å². The first-order valence-corrected chi connectivity index (χ1v) is 8.88. The predicted octanol–water partition coefficient (Wildman–Crippen LogP) is 6.16. The lowest BCUT2D eigenvalue weighted by molar-refractivity contribution is -0.137. The van der Waals surface area contributed by atoms with Crippen LogP contribution in [0.25, 0.3) is 11.5 Å². The Bertz CT molecular complexity index is 913. The molecule has 0 amide bonds. The predicted molar refractivity (Wildman–Crippen MR) is 95.7 cm³/mol. The van der Waals surface area contributed by atoms with Crippen LogP contribution < -0.4 is 5.32 Å². The zero-order valence-electron chi connectivity index (χ0n) is 14.5. The molecular weight excluding hydrogens is 355 g/mol. The van der Waals surface area contributed by atoms with Crippen molar-refractivity contribution >= 4 is 11.4 Å². The molecule has 4 nitrogen and oxygen atoms in total. The van der Waals surface area contributed by atoms with Crippen LogP contribution in [0.15, 0.2) is 52.9 Å². The summed E-state index contributed by atoms with van der Waals surface area (Å²) in [5, 5.41) is 11.5. The van der Waals surface area contributed by atoms with Crippen LogP contribution in [0.1, 0.15) is 43.1 Å². The summed E-state index contributed by atoms with van der Waals surface area (Å²) in [7, 11) is 0. The third-order valence-electron chi connectivity index (χ3n) is 4.79. The second-order valence-electron chi connectivity index (χ2n) is 6.67. The van der Waals surface area contributed by atoms with Crippen LogP contribution in [-0.4, -0.2) is 10.2 Å². The molecule has 0 radical (unpaired) electrons. The van der Waals surface area contributed by atoms with Crippen molar-refractivity contribution in [2.24, 2.45) is 0 Å². The minimum atomic E-state index is -4.35. The summed E-state index contributed by atoms with van der Waals surface area (Å²) in [5.74, 6) is 1.39. The minimum absolute atomic E-state index is 0.321. The van der Waals surface area contributed by atoms with Crippen molar-refractivity contribution in [2.75, 3.05) is 5.32 Å². The van der Waals surface area contributed by atoms with Gasteiger partial charge >= 0.3 is 6.18 Å². The normalized spacial score (nSPS) is 15.2. The minimum Gasteiger partial charge on any atom is -0.420 e. The van der Waals surface area contributed by atoms with Gasteiger partial charge < -0.3 is 9.73 Å². The molecule has 2 aromatic carbocycles. The van der Waals surface area contributed by atoms with Crippen LogP contribution in [0.2, 0.25) is 0 Å². The number of nitrogens with one attached hydrogen (secondary N) is 1. The summed E-state index contributed by atoms with van der Waals surface area (Å²) < 4.78 is 44.0. The Balaban J connectivity index is 1.58. The van der Waals surface area contributed by atoms with E-state index in [9.17, 15) is 13.2 Å². The van der Waals surface area contributed by atoms with E-state index in [4.69, 9.17) is 4.42 Å². The lowest BCUT2D eigenvalue weighted by atomic mass is 10.1. The number of aromatic nitrogens is 2. The fourth-order valence-corrected chi connectivity index (χ4v) is 3.36. The zero-order chi connectivity index (χ0) is 18.9. The number of halogens is 3. The summed E-state index contributed by atoms with van der Waals surface area (Å²) in [4.78, 5) is 0. The molecule has 0 aliphatic heterocycles. The Hall–Kier alpha value is -2.83. The Morgan fingerprint density at radius 2 is 1.63 bits per heavy atom. The van der Waals surface area contributed by atoms with Crippen molar-refractivity contribution < 1.29 is 17.6 Å². The molecule has 0 spiro atoms. The maximum absolute atomic E-state index is 12.7. The number of rotatable bonds is 4. The van der Waals surface area contributed by atoms with Crippen LogP contribution >= 0.6 is 0 Å². The second-order valence-corrected chi connectivity index (χ2v) is 6.67. The Labute approximate surface area is 154 Å². The van der Waals surface area contributed by atoms with Crippen LogP contribution in [-0.2, 0) is 6.18 Å². The molecule has 27 heavy (non-hydrogen) atoms. The van der Waals surface area contributed by atoms with Gasteiger partial charge in [-0.1, -0.05) is 25.0 Å². The maximum atomic E-state index is 12.7. The number of hydrogen-bond acceptors (Lipinski definition) is 4. The summed E-state index contributed by atoms with van der Waals surface area (Å²) in [6.45, 7) is 0. The smallest absolute Gasteiger partial charge is 0.416 e. The quantitative estimate of drug-likeness (QED) is 0.595. The summed E-state index contributed by atoms with van der Waals surface area (Å²) in [6.07, 6.45) is 0.125. The highest BCUT2D eigenvalue weighted by molar-refractivity contribution is 5.76. The fourth-order valence-electron chi connectivity index (χ4n) is 3.36. The van der Waals surface area contributed by atoms with Gasteiger partial charge in [-0.2, -0.15) is 13.2 Å². The van der Waals surface area contributed by atoms with E-state index in [1.54, 1.807) is 0 Å². The van der Waals surface area contributed by atoms with Gasteiger partial charge in [0.15, 0.2) is 0 Å². The summed E-state index contributed by atoms with van der Waals surface area (Å²) in [6, 6.07) is 12.3. The molecule has 0 bridgehead atoms. The molecule has 4 rings (SSSR count). The second kappa shape index (κ2) is 7.06. The molecule has 7 heteroatoms. The van der Waals surface area contributed by atoms with Crippen molar-refractivity contribution in [3.63, 3.8) is 0 Å². The van der Waals surface area contributed by atoms with Gasteiger partial charge in [-0.15, -0.1) is 10.2 Å². The van der Waals surface area contributed by atoms with E-state index in [1.165, 1.54) is 25.0 Å². The van der Waals surface area contributed by atoms with Crippen LogP contribution in [0.4, 0.5) is 24.5 Å². The molecule has 1 aliphatic rings. The Morgan fingerprint density at radius 3 is 2.33 bits per heavy atom. The molecule has 140 valence electrons. The first kappa shape index (κ1) is 17.6. The topological polar surface area (TPSA) is 51.0 Å². The fraction of sp³-hybridized carbons (Fsp3) is 0.300. The van der Waals surface area contributed by atoms with Crippen molar-refractivity contribution in [1.82, 2.24) is 10.2 Å². The molecule has 1 N–H and O–H groups in total. The van der Waals surface area contributed by atoms with Gasteiger partial charge in [0.1, 0.15) is 0 Å². The van der Waals surface area contributed by atoms with Gasteiger partial charge in [-0.05, 0) is 49.2 Å². The van der Waals surface area contributed by atoms with E-state index in [1.807, 2.05) is 24.3 Å². The number of para-hydroxylation sites is 1. The van der Waals surface area contributed by atoms with Crippen LogP contribution in [0.3, 0.4) is 0 Å². The largest absolute Gasteiger partial charge is 0.420 e. The van der Waals surface area contributed by atoms with Gasteiger partial charge in [0.05, 0.1) is 16.8 Å². The molecule has 1 fully saturated rings. The average molecular weight is 373 g/mol. The molecular formula is C20H18F3N3O. The number of alkyl halides is 3. The molecule has 1 saturated carbocycles. The number of hydrogen-bond donors (Lipinski definition) is 1. The van der Waals surface area contributed by atoms with Gasteiger partial charge in [-0.25, -0.2) is 0 Å². The van der Waals surface area contributed by atoms with Gasteiger partial charge in [0.25, 0.3) is 0 Å². The van der Waals surface area contributed by atoms with E-state index in [0.717, 1.165) is 25.0 Å². The number of anilines is 2. The third-order valence-corrected chi connectivity index (χ3v) is 4.79. The first-order valence-electron chi connectivity index (χ1n) is 8.88. The molecule has 3 aromatic rings. The molecule has 0 saturated heterocycles. The SMILES string of the molecule is FC(F)(F)c1ccc(Nc2ccccc2-c2nnc(C3CCCC3)o2)cc1. The van der Waals surface area contributed by atoms with Crippen LogP contribution in [0.5, 0.6) is 0 Å². The molecule has 1 aromatic heterocycles. The van der Waals surface area contributed by atoms with E-state index >= 15 is 0 Å². The number of benzene rings is 2. The highest BCUT2D eigenvalue weighted by Crippen LogP contribution is 2.36. The van der Waals surface area contributed by atoms with Crippen molar-refractivity contribution in [1.29, 1.82) is 0 Å². The Kier molecular flexibility index (Phi) is 4.59. The number of nitrogens with zero attached hydrogens (tertiary/aromatic N) is 2. The monoisotopic (exact) mass is 373 g/mol. The summed E-state index contributed by atoms with van der Waals surface area (Å²) >= 11 is 0. The average Bonchev–Trinajstić information content (AvgIpc) is 3.34. The van der Waals surface area contributed by atoms with Gasteiger partial charge in [0.2, 0.25) is 11.8 Å². The van der Waals surface area contributed by atoms with Crippen molar-refractivity contribution in [3.8, 4) is 11.5 Å². The summed E-state index contributed by atoms with van der Waals surface area (Å²) in [5.41, 5.74) is 1.28. The van der Waals surface area contributed by atoms with Crippen molar-refractivity contribution in [2.45, 2.75) is 37.8 Å². The van der Waals surface area contributed by atoms with Gasteiger partial charge in [0, 0.05) is 11.6 Å². The highest BCUT2D eigenvalue weighted by Gasteiger charge is 2.30. The van der Waals surface area contributed by atoms with E-state index < -0.39 is 11.7 Å². The highest BCUT2D eigenvalue weighted by atomic mass is 19.4. The molecule has 1 heterocycles. The standard InChI is InChI=1S/C20H18F3N3O/c21-20(22,23)14-9-11-15(12-10-14)24-17-8-4-3-7-16(17)19-26-25-18(27-19)13-5-1-2-6-13/h3-4,7-13,24H,1-2,5-6H2. The Morgan fingerprint density at radius 1 is 0.926 bits per heavy atom. The lowest BCUT2D eigenvalue weighted by Crippen LogP contribution is -2.04. The van der Waals surface area contributed by atoms with Crippen molar-refractivity contribution in [3.05, 3.63) is 60.0 Å². The van der Waals surface area contributed by atoms with E-state index in [2.05, 4.69) is 15.5 Å². The molecule has 0 atom stereocenters. The zero-order valence-corrected chi connectivity index (χ0v) is 14.5. The first-order chi connectivity index (χ1) is 13.0. The lowest BCUT2D eigenvalue weighted by Gasteiger charge is -2.11. The third kappa shape index (κ3) is 3.82. The molecule has 0 unspecified atom stereocenters. The van der Waals surface area contributed by atoms with Gasteiger partial charge in [-0.3, -0.25) is 0 Å². The maximum Gasteiger partial charge on any atom is 0.416 e. The van der Waals surface area contributed by atoms with E-state index in [-0.39, 0.29) is 0 Å². The van der Waals surface area contributed by atoms with E-state index in [0.29, 0.717) is 34.6 Å².